The van der Waals surface area contributed by atoms with Crippen molar-refractivity contribution >= 4 is 23.2 Å². The minimum absolute atomic E-state index is 0.0314. The van der Waals surface area contributed by atoms with Crippen molar-refractivity contribution in [1.29, 1.82) is 0 Å². The number of nitrogens with zero attached hydrogens (tertiary/aromatic N) is 5. The van der Waals surface area contributed by atoms with Crippen LogP contribution < -0.4 is 0 Å². The van der Waals surface area contributed by atoms with Gasteiger partial charge in [-0.15, -0.1) is 11.3 Å². The van der Waals surface area contributed by atoms with Gasteiger partial charge < -0.3 is 14.4 Å². The van der Waals surface area contributed by atoms with Crippen LogP contribution >= 0.6 is 11.3 Å². The molecular formula is C16H19N5O2S. The Morgan fingerprint density at radius 1 is 1.17 bits per heavy atom. The van der Waals surface area contributed by atoms with Crippen LogP contribution in [-0.4, -0.2) is 61.3 Å². The van der Waals surface area contributed by atoms with E-state index in [-0.39, 0.29) is 17.4 Å². The summed E-state index contributed by atoms with van der Waals surface area (Å²) < 4.78 is 1.78. The van der Waals surface area contributed by atoms with E-state index in [1.165, 1.54) is 11.3 Å². The molecule has 2 aromatic heterocycles. The van der Waals surface area contributed by atoms with E-state index in [1.807, 2.05) is 16.8 Å². The van der Waals surface area contributed by atoms with Gasteiger partial charge in [0.25, 0.3) is 11.8 Å². The molecule has 4 rings (SSSR count). The van der Waals surface area contributed by atoms with Crippen LogP contribution in [0.3, 0.4) is 0 Å². The summed E-state index contributed by atoms with van der Waals surface area (Å²) in [5, 5.41) is 1.78. The van der Waals surface area contributed by atoms with Crippen LogP contribution in [0.25, 0.3) is 0 Å². The summed E-state index contributed by atoms with van der Waals surface area (Å²) in [5.41, 5.74) is 2.40. The van der Waals surface area contributed by atoms with E-state index in [4.69, 9.17) is 0 Å². The van der Waals surface area contributed by atoms with Crippen LogP contribution in [0.1, 0.15) is 40.2 Å². The summed E-state index contributed by atoms with van der Waals surface area (Å²) in [6.07, 6.45) is 6.12. The summed E-state index contributed by atoms with van der Waals surface area (Å²) in [5.74, 6) is -0.0682. The molecule has 1 unspecified atom stereocenters. The molecule has 0 aliphatic carbocycles. The van der Waals surface area contributed by atoms with Gasteiger partial charge in [0.15, 0.2) is 0 Å². The van der Waals surface area contributed by atoms with E-state index in [1.54, 1.807) is 28.0 Å². The number of rotatable bonds is 2. The molecule has 24 heavy (non-hydrogen) atoms. The first-order valence-corrected chi connectivity index (χ1v) is 9.01. The fourth-order valence-corrected chi connectivity index (χ4v) is 4.38. The fraction of sp³-hybridized carbons (Fsp3) is 0.500. The normalized spacial score (nSPS) is 23.4. The lowest BCUT2D eigenvalue weighted by Crippen LogP contribution is -2.49. The summed E-state index contributed by atoms with van der Waals surface area (Å²) in [7, 11) is 1.85. The second kappa shape index (κ2) is 5.70. The average Bonchev–Trinajstić information content (AvgIpc) is 3.35. The van der Waals surface area contributed by atoms with Gasteiger partial charge in [-0.1, -0.05) is 0 Å². The molecule has 2 saturated heterocycles. The van der Waals surface area contributed by atoms with E-state index in [9.17, 15) is 9.59 Å². The summed E-state index contributed by atoms with van der Waals surface area (Å²) >= 11 is 1.42. The number of hydrogen-bond donors (Lipinski definition) is 0. The molecule has 4 heterocycles. The minimum atomic E-state index is -0.250. The Labute approximate surface area is 143 Å². The molecule has 1 atom stereocenters. The molecule has 2 aliphatic rings. The maximum absolute atomic E-state index is 12.9. The second-order valence-electron chi connectivity index (χ2n) is 6.56. The van der Waals surface area contributed by atoms with Gasteiger partial charge in [0.05, 0.1) is 17.4 Å². The Balaban J connectivity index is 1.54. The van der Waals surface area contributed by atoms with Crippen molar-refractivity contribution in [2.75, 3.05) is 19.6 Å². The maximum atomic E-state index is 12.9. The maximum Gasteiger partial charge on any atom is 0.274 e. The van der Waals surface area contributed by atoms with Crippen LogP contribution in [0.15, 0.2) is 23.4 Å². The first-order chi connectivity index (χ1) is 11.6. The SMILES string of the molecule is Cn1cnc(C(=O)N2CCCC23CCN(C(=O)c2cscn2)C3)c1. The predicted molar refractivity (Wildman–Crippen MR) is 88.8 cm³/mol. The standard InChI is InChI=1S/C16H19N5O2S/c1-19-7-12(17-10-19)15(23)21-5-2-3-16(21)4-6-20(9-16)14(22)13-8-24-11-18-13/h7-8,10-11H,2-6,9H2,1H3. The lowest BCUT2D eigenvalue weighted by atomic mass is 9.95. The molecule has 0 aromatic carbocycles. The zero-order chi connectivity index (χ0) is 16.7. The first kappa shape index (κ1) is 15.3. The highest BCUT2D eigenvalue weighted by atomic mass is 32.1. The molecule has 2 aliphatic heterocycles. The quantitative estimate of drug-likeness (QED) is 0.825. The van der Waals surface area contributed by atoms with E-state index in [0.717, 1.165) is 25.8 Å². The van der Waals surface area contributed by atoms with Gasteiger partial charge in [-0.2, -0.15) is 0 Å². The van der Waals surface area contributed by atoms with Crippen molar-refractivity contribution in [2.24, 2.45) is 7.05 Å². The van der Waals surface area contributed by atoms with Crippen molar-refractivity contribution in [2.45, 2.75) is 24.8 Å². The molecule has 126 valence electrons. The molecule has 8 heteroatoms. The Morgan fingerprint density at radius 2 is 2.04 bits per heavy atom. The number of carbonyl (C=O) groups excluding carboxylic acids is 2. The number of aryl methyl sites for hydroxylation is 1. The largest absolute Gasteiger partial charge is 0.340 e. The zero-order valence-electron chi connectivity index (χ0n) is 13.5. The number of carbonyl (C=O) groups is 2. The molecule has 0 N–H and O–H groups in total. The van der Waals surface area contributed by atoms with Gasteiger partial charge in [0.2, 0.25) is 0 Å². The van der Waals surface area contributed by atoms with Gasteiger partial charge >= 0.3 is 0 Å². The Bertz CT molecular complexity index is 771. The smallest absolute Gasteiger partial charge is 0.274 e. The lowest BCUT2D eigenvalue weighted by Gasteiger charge is -2.34. The fourth-order valence-electron chi connectivity index (χ4n) is 3.85. The second-order valence-corrected chi connectivity index (χ2v) is 7.28. The van der Waals surface area contributed by atoms with Crippen LogP contribution in [-0.2, 0) is 7.05 Å². The zero-order valence-corrected chi connectivity index (χ0v) is 14.3. The Morgan fingerprint density at radius 3 is 2.75 bits per heavy atom. The highest BCUT2D eigenvalue weighted by Crippen LogP contribution is 2.38. The Kier molecular flexibility index (Phi) is 3.64. The van der Waals surface area contributed by atoms with E-state index >= 15 is 0 Å². The molecule has 2 fully saturated rings. The van der Waals surface area contributed by atoms with Crippen molar-refractivity contribution < 1.29 is 9.59 Å². The number of hydrogen-bond acceptors (Lipinski definition) is 5. The number of aromatic nitrogens is 3. The molecule has 0 bridgehead atoms. The molecule has 7 nitrogen and oxygen atoms in total. The van der Waals surface area contributed by atoms with E-state index in [0.29, 0.717) is 24.5 Å². The molecule has 0 radical (unpaired) electrons. The lowest BCUT2D eigenvalue weighted by molar-refractivity contribution is 0.0573. The number of amides is 2. The highest BCUT2D eigenvalue weighted by molar-refractivity contribution is 7.07. The Hall–Kier alpha value is -2.22. The topological polar surface area (TPSA) is 71.3 Å². The molecule has 2 aromatic rings. The van der Waals surface area contributed by atoms with Crippen LogP contribution in [0.2, 0.25) is 0 Å². The highest BCUT2D eigenvalue weighted by Gasteiger charge is 2.49. The molecule has 2 amide bonds. The number of imidazole rings is 1. The van der Waals surface area contributed by atoms with E-state index in [2.05, 4.69) is 9.97 Å². The number of thiazole rings is 1. The van der Waals surface area contributed by atoms with Crippen molar-refractivity contribution in [3.8, 4) is 0 Å². The average molecular weight is 345 g/mol. The van der Waals surface area contributed by atoms with Crippen LogP contribution in [0.5, 0.6) is 0 Å². The third-order valence-corrected chi connectivity index (χ3v) is 5.62. The first-order valence-electron chi connectivity index (χ1n) is 8.06. The van der Waals surface area contributed by atoms with Crippen LogP contribution in [0.4, 0.5) is 0 Å². The summed E-state index contributed by atoms with van der Waals surface area (Å²) in [6.45, 7) is 1.98. The van der Waals surface area contributed by atoms with Crippen molar-refractivity contribution in [1.82, 2.24) is 24.3 Å². The summed E-state index contributed by atoms with van der Waals surface area (Å²) in [6, 6.07) is 0. The van der Waals surface area contributed by atoms with E-state index < -0.39 is 0 Å². The minimum Gasteiger partial charge on any atom is -0.340 e. The predicted octanol–water partition coefficient (Wildman–Crippen LogP) is 1.40. The van der Waals surface area contributed by atoms with Crippen molar-refractivity contribution in [3.63, 3.8) is 0 Å². The molecular weight excluding hydrogens is 326 g/mol. The molecule has 0 saturated carbocycles. The third kappa shape index (κ3) is 2.41. The van der Waals surface area contributed by atoms with Gasteiger partial charge in [-0.3, -0.25) is 9.59 Å². The molecule has 1 spiro atoms. The van der Waals surface area contributed by atoms with Crippen LogP contribution in [0, 0.1) is 0 Å². The van der Waals surface area contributed by atoms with Gasteiger partial charge in [-0.25, -0.2) is 9.97 Å². The monoisotopic (exact) mass is 345 g/mol. The van der Waals surface area contributed by atoms with Crippen molar-refractivity contribution in [3.05, 3.63) is 34.8 Å². The van der Waals surface area contributed by atoms with Gasteiger partial charge in [0, 0.05) is 38.3 Å². The summed E-state index contributed by atoms with van der Waals surface area (Å²) in [4.78, 5) is 37.5. The van der Waals surface area contributed by atoms with Gasteiger partial charge in [0.1, 0.15) is 11.4 Å². The van der Waals surface area contributed by atoms with Gasteiger partial charge in [-0.05, 0) is 19.3 Å². The third-order valence-electron chi connectivity index (χ3n) is 5.04. The number of likely N-dealkylation sites (tertiary alicyclic amines) is 2.